The minimum absolute atomic E-state index is 0.0204. The van der Waals surface area contributed by atoms with Gasteiger partial charge in [-0.25, -0.2) is 0 Å². The van der Waals surface area contributed by atoms with Gasteiger partial charge in [-0.1, -0.05) is 18.9 Å². The maximum Gasteiger partial charge on any atom is 0.170 e. The van der Waals surface area contributed by atoms with E-state index >= 15 is 0 Å². The average Bonchev–Trinajstić information content (AvgIpc) is 3.16. The SMILES string of the molecule is O=C1CC(c2cccs2)CC(O)=C1C1=N[C@H]2CCCC[C@@H]2N1. The molecule has 0 aromatic carbocycles. The van der Waals surface area contributed by atoms with E-state index in [-0.39, 0.29) is 23.5 Å². The number of fused-ring (bicyclic) bond motifs is 1. The van der Waals surface area contributed by atoms with E-state index in [2.05, 4.69) is 5.32 Å². The molecule has 3 aliphatic rings. The highest BCUT2D eigenvalue weighted by Gasteiger charge is 2.37. The van der Waals surface area contributed by atoms with Gasteiger partial charge in [0.2, 0.25) is 0 Å². The van der Waals surface area contributed by atoms with Crippen LogP contribution in [0.25, 0.3) is 0 Å². The predicted molar refractivity (Wildman–Crippen MR) is 87.6 cm³/mol. The number of nitrogens with one attached hydrogen (secondary N) is 1. The first kappa shape index (κ1) is 14.0. The van der Waals surface area contributed by atoms with Gasteiger partial charge in [0, 0.05) is 29.7 Å². The average molecular weight is 316 g/mol. The van der Waals surface area contributed by atoms with Crippen LogP contribution in [0.5, 0.6) is 0 Å². The number of rotatable bonds is 2. The summed E-state index contributed by atoms with van der Waals surface area (Å²) in [6.45, 7) is 0. The second-order valence-corrected chi connectivity index (χ2v) is 7.43. The van der Waals surface area contributed by atoms with Crippen LogP contribution in [0.1, 0.15) is 49.3 Å². The van der Waals surface area contributed by atoms with E-state index in [1.165, 1.54) is 17.7 Å². The molecule has 5 heteroatoms. The number of aliphatic hydroxyl groups is 1. The molecular formula is C17H20N2O2S. The molecular weight excluding hydrogens is 296 g/mol. The number of amidine groups is 1. The molecule has 4 nitrogen and oxygen atoms in total. The number of aliphatic imine (C=N–C) groups is 1. The fraction of sp³-hybridized carbons (Fsp3) is 0.529. The van der Waals surface area contributed by atoms with E-state index in [4.69, 9.17) is 4.99 Å². The number of hydrogen-bond donors (Lipinski definition) is 2. The summed E-state index contributed by atoms with van der Waals surface area (Å²) in [6.07, 6.45) is 5.63. The summed E-state index contributed by atoms with van der Waals surface area (Å²) >= 11 is 1.65. The molecule has 0 saturated heterocycles. The Bertz CT molecular complexity index is 648. The van der Waals surface area contributed by atoms with Crippen molar-refractivity contribution in [3.63, 3.8) is 0 Å². The van der Waals surface area contributed by atoms with E-state index in [0.717, 1.165) is 12.8 Å². The quantitative estimate of drug-likeness (QED) is 0.880. The molecule has 1 unspecified atom stereocenters. The lowest BCUT2D eigenvalue weighted by Crippen LogP contribution is -2.39. The number of hydrogen-bond acceptors (Lipinski definition) is 5. The van der Waals surface area contributed by atoms with Crippen LogP contribution in [0, 0.1) is 0 Å². The maximum atomic E-state index is 12.6. The van der Waals surface area contributed by atoms with Crippen LogP contribution in [0.15, 0.2) is 33.8 Å². The second-order valence-electron chi connectivity index (χ2n) is 6.45. The van der Waals surface area contributed by atoms with Gasteiger partial charge in [-0.05, 0) is 24.3 Å². The molecule has 1 aromatic rings. The predicted octanol–water partition coefficient (Wildman–Crippen LogP) is 3.32. The van der Waals surface area contributed by atoms with Gasteiger partial charge in [-0.15, -0.1) is 11.3 Å². The lowest BCUT2D eigenvalue weighted by atomic mass is 9.85. The summed E-state index contributed by atoms with van der Waals surface area (Å²) in [7, 11) is 0. The van der Waals surface area contributed by atoms with Gasteiger partial charge in [-0.3, -0.25) is 9.79 Å². The molecule has 116 valence electrons. The van der Waals surface area contributed by atoms with Gasteiger partial charge < -0.3 is 10.4 Å². The lowest BCUT2D eigenvalue weighted by molar-refractivity contribution is -0.116. The first-order valence-corrected chi connectivity index (χ1v) is 8.94. The van der Waals surface area contributed by atoms with Gasteiger partial charge in [0.15, 0.2) is 5.78 Å². The summed E-state index contributed by atoms with van der Waals surface area (Å²) < 4.78 is 0. The van der Waals surface area contributed by atoms with Crippen molar-refractivity contribution in [1.29, 1.82) is 0 Å². The molecule has 1 saturated carbocycles. The van der Waals surface area contributed by atoms with Crippen molar-refractivity contribution in [3.05, 3.63) is 33.7 Å². The molecule has 1 aliphatic heterocycles. The van der Waals surface area contributed by atoms with Gasteiger partial charge in [0.05, 0.1) is 11.6 Å². The molecule has 3 atom stereocenters. The summed E-state index contributed by atoms with van der Waals surface area (Å²) in [4.78, 5) is 18.4. The highest BCUT2D eigenvalue weighted by Crippen LogP contribution is 2.37. The van der Waals surface area contributed by atoms with Gasteiger partial charge in [0.25, 0.3) is 0 Å². The topological polar surface area (TPSA) is 61.7 Å². The van der Waals surface area contributed by atoms with Gasteiger partial charge >= 0.3 is 0 Å². The highest BCUT2D eigenvalue weighted by atomic mass is 32.1. The van der Waals surface area contributed by atoms with Crippen LogP contribution in [0.4, 0.5) is 0 Å². The third-order valence-electron chi connectivity index (χ3n) is 4.97. The van der Waals surface area contributed by atoms with Gasteiger partial charge in [-0.2, -0.15) is 0 Å². The Balaban J connectivity index is 1.59. The summed E-state index contributed by atoms with van der Waals surface area (Å²) in [5.41, 5.74) is 0.446. The molecule has 1 aromatic heterocycles. The molecule has 22 heavy (non-hydrogen) atoms. The Morgan fingerprint density at radius 3 is 2.86 bits per heavy atom. The second kappa shape index (κ2) is 5.54. The molecule has 0 radical (unpaired) electrons. The molecule has 4 rings (SSSR count). The smallest absolute Gasteiger partial charge is 0.170 e. The van der Waals surface area contributed by atoms with E-state index in [1.807, 2.05) is 17.5 Å². The van der Waals surface area contributed by atoms with Gasteiger partial charge in [0.1, 0.15) is 11.6 Å². The van der Waals surface area contributed by atoms with Crippen molar-refractivity contribution in [2.75, 3.05) is 0 Å². The summed E-state index contributed by atoms with van der Waals surface area (Å²) in [5.74, 6) is 0.983. The minimum atomic E-state index is 0.0204. The zero-order valence-corrected chi connectivity index (χ0v) is 13.2. The van der Waals surface area contributed by atoms with E-state index < -0.39 is 0 Å². The molecule has 2 heterocycles. The summed E-state index contributed by atoms with van der Waals surface area (Å²) in [6, 6.07) is 4.67. The Hall–Kier alpha value is -1.62. The van der Waals surface area contributed by atoms with E-state index in [0.29, 0.717) is 30.3 Å². The van der Waals surface area contributed by atoms with Crippen molar-refractivity contribution >= 4 is 23.0 Å². The monoisotopic (exact) mass is 316 g/mol. The van der Waals surface area contributed by atoms with Crippen molar-refractivity contribution in [3.8, 4) is 0 Å². The largest absolute Gasteiger partial charge is 0.511 e. The Morgan fingerprint density at radius 2 is 2.14 bits per heavy atom. The Kier molecular flexibility index (Phi) is 3.53. The fourth-order valence-corrected chi connectivity index (χ4v) is 4.67. The number of allylic oxidation sites excluding steroid dienone is 1. The van der Waals surface area contributed by atoms with Crippen molar-refractivity contribution in [1.82, 2.24) is 5.32 Å². The highest BCUT2D eigenvalue weighted by molar-refractivity contribution is 7.10. The molecule has 1 fully saturated rings. The number of carbonyl (C=O) groups excluding carboxylic acids is 1. The Morgan fingerprint density at radius 1 is 1.27 bits per heavy atom. The molecule has 0 spiro atoms. The number of aliphatic hydroxyl groups excluding tert-OH is 1. The standard InChI is InChI=1S/C17H20N2O2S/c20-13-8-10(15-6-3-7-22-15)9-14(21)16(13)17-18-11-4-1-2-5-12(11)19-17/h3,6-7,10-12,20H,1-2,4-5,8-9H2,(H,18,19)/t10?,11-,12-/m0/s1. The zero-order valence-electron chi connectivity index (χ0n) is 12.4. The first-order chi connectivity index (χ1) is 10.7. The van der Waals surface area contributed by atoms with Crippen LogP contribution >= 0.6 is 11.3 Å². The van der Waals surface area contributed by atoms with E-state index in [9.17, 15) is 9.90 Å². The molecule has 0 amide bonds. The maximum absolute atomic E-state index is 12.6. The van der Waals surface area contributed by atoms with Crippen LogP contribution in [-0.2, 0) is 4.79 Å². The zero-order chi connectivity index (χ0) is 15.1. The first-order valence-electron chi connectivity index (χ1n) is 8.06. The summed E-state index contributed by atoms with van der Waals surface area (Å²) in [5, 5.41) is 15.8. The van der Waals surface area contributed by atoms with Crippen molar-refractivity contribution in [2.24, 2.45) is 4.99 Å². The molecule has 0 bridgehead atoms. The van der Waals surface area contributed by atoms with Crippen LogP contribution in [0.2, 0.25) is 0 Å². The third-order valence-corrected chi connectivity index (χ3v) is 6.00. The fourth-order valence-electron chi connectivity index (χ4n) is 3.84. The molecule has 2 aliphatic carbocycles. The number of thiophene rings is 1. The normalized spacial score (nSPS) is 31.7. The number of ketones is 1. The van der Waals surface area contributed by atoms with Crippen LogP contribution < -0.4 is 5.32 Å². The Labute approximate surface area is 134 Å². The van der Waals surface area contributed by atoms with Crippen molar-refractivity contribution < 1.29 is 9.90 Å². The van der Waals surface area contributed by atoms with Crippen LogP contribution in [0.3, 0.4) is 0 Å². The van der Waals surface area contributed by atoms with E-state index in [1.54, 1.807) is 11.3 Å². The number of nitrogens with zero attached hydrogens (tertiary/aromatic N) is 1. The third kappa shape index (κ3) is 2.37. The minimum Gasteiger partial charge on any atom is -0.511 e. The lowest BCUT2D eigenvalue weighted by Gasteiger charge is -2.24. The van der Waals surface area contributed by atoms with Crippen molar-refractivity contribution in [2.45, 2.75) is 56.5 Å². The van der Waals surface area contributed by atoms with Crippen LogP contribution in [-0.4, -0.2) is 28.8 Å². The molecule has 2 N–H and O–H groups in total. The number of carbonyl (C=O) groups is 1. The number of Topliss-reactive ketones (excluding diaryl/α,β-unsaturated/α-hetero) is 1.